The first-order chi connectivity index (χ1) is 12.1. The molecule has 1 aromatic carbocycles. The fourth-order valence-corrected chi connectivity index (χ4v) is 3.37. The summed E-state index contributed by atoms with van der Waals surface area (Å²) in [7, 11) is 0. The van der Waals surface area contributed by atoms with Crippen LogP contribution >= 0.6 is 0 Å². The van der Waals surface area contributed by atoms with Crippen LogP contribution in [-0.2, 0) is 6.42 Å². The maximum atomic E-state index is 12.5. The lowest BCUT2D eigenvalue weighted by Crippen LogP contribution is -2.41. The number of carbonyl (C=O) groups is 1. The predicted molar refractivity (Wildman–Crippen MR) is 96.2 cm³/mol. The van der Waals surface area contributed by atoms with Gasteiger partial charge >= 0.3 is 0 Å². The normalized spacial score (nSPS) is 16.6. The van der Waals surface area contributed by atoms with Gasteiger partial charge in [-0.05, 0) is 44.1 Å². The molecule has 0 unspecified atom stereocenters. The first-order valence-electron chi connectivity index (χ1n) is 8.93. The largest absolute Gasteiger partial charge is 0.393 e. The number of aliphatic hydroxyl groups excluding tert-OH is 1. The molecule has 2 aromatic rings. The number of rotatable bonds is 5. The van der Waals surface area contributed by atoms with E-state index in [2.05, 4.69) is 22.1 Å². The molecular weight excluding hydrogens is 314 g/mol. The molecule has 132 valence electrons. The second kappa shape index (κ2) is 8.21. The van der Waals surface area contributed by atoms with E-state index in [1.807, 2.05) is 23.1 Å². The fraction of sp³-hybridized carbons (Fsp3) is 0.450. The Morgan fingerprint density at radius 2 is 1.84 bits per heavy atom. The Morgan fingerprint density at radius 3 is 2.48 bits per heavy atom. The SMILES string of the molecule is Cc1ncc(C(=O)N2CCC([C@@H](O)CCc3ccccc3)CC2)cn1. The maximum Gasteiger partial charge on any atom is 0.256 e. The van der Waals surface area contributed by atoms with E-state index in [9.17, 15) is 9.90 Å². The zero-order valence-electron chi connectivity index (χ0n) is 14.6. The molecule has 5 nitrogen and oxygen atoms in total. The number of nitrogens with zero attached hydrogens (tertiary/aromatic N) is 3. The average Bonchev–Trinajstić information content (AvgIpc) is 2.67. The van der Waals surface area contributed by atoms with Gasteiger partial charge in [0.15, 0.2) is 0 Å². The molecule has 1 amide bonds. The summed E-state index contributed by atoms with van der Waals surface area (Å²) in [6, 6.07) is 10.3. The van der Waals surface area contributed by atoms with E-state index >= 15 is 0 Å². The minimum absolute atomic E-state index is 0.0165. The molecule has 1 aromatic heterocycles. The lowest BCUT2D eigenvalue weighted by molar-refractivity contribution is 0.0436. The number of amides is 1. The average molecular weight is 339 g/mol. The van der Waals surface area contributed by atoms with Gasteiger partial charge in [0.1, 0.15) is 5.82 Å². The molecule has 1 fully saturated rings. The molecule has 1 N–H and O–H groups in total. The molecule has 0 radical (unpaired) electrons. The van der Waals surface area contributed by atoms with Crippen LogP contribution in [0.4, 0.5) is 0 Å². The lowest BCUT2D eigenvalue weighted by atomic mass is 9.88. The maximum absolute atomic E-state index is 12.5. The molecule has 0 bridgehead atoms. The van der Waals surface area contributed by atoms with Gasteiger partial charge in [-0.1, -0.05) is 30.3 Å². The Balaban J connectivity index is 1.47. The monoisotopic (exact) mass is 339 g/mol. The quantitative estimate of drug-likeness (QED) is 0.909. The van der Waals surface area contributed by atoms with Crippen molar-refractivity contribution in [2.45, 2.75) is 38.7 Å². The van der Waals surface area contributed by atoms with Gasteiger partial charge < -0.3 is 10.0 Å². The lowest BCUT2D eigenvalue weighted by Gasteiger charge is -2.34. The van der Waals surface area contributed by atoms with Crippen molar-refractivity contribution in [1.82, 2.24) is 14.9 Å². The highest BCUT2D eigenvalue weighted by Crippen LogP contribution is 2.24. The van der Waals surface area contributed by atoms with E-state index in [1.54, 1.807) is 19.3 Å². The predicted octanol–water partition coefficient (Wildman–Crippen LogP) is 2.63. The summed E-state index contributed by atoms with van der Waals surface area (Å²) in [6.07, 6.45) is 6.22. The highest BCUT2D eigenvalue weighted by Gasteiger charge is 2.28. The van der Waals surface area contributed by atoms with E-state index in [1.165, 1.54) is 5.56 Å². The van der Waals surface area contributed by atoms with E-state index in [0.717, 1.165) is 25.7 Å². The topological polar surface area (TPSA) is 66.3 Å². The zero-order valence-corrected chi connectivity index (χ0v) is 14.6. The third-order valence-corrected chi connectivity index (χ3v) is 4.97. The second-order valence-corrected chi connectivity index (χ2v) is 6.74. The minimum atomic E-state index is -0.305. The van der Waals surface area contributed by atoms with Crippen molar-refractivity contribution in [3.8, 4) is 0 Å². The first kappa shape index (κ1) is 17.5. The van der Waals surface area contributed by atoms with Gasteiger partial charge in [-0.3, -0.25) is 4.79 Å². The number of benzene rings is 1. The molecule has 5 heteroatoms. The van der Waals surface area contributed by atoms with E-state index in [0.29, 0.717) is 24.5 Å². The number of carbonyl (C=O) groups excluding carboxylic acids is 1. The number of aliphatic hydroxyl groups is 1. The fourth-order valence-electron chi connectivity index (χ4n) is 3.37. The van der Waals surface area contributed by atoms with Crippen LogP contribution < -0.4 is 0 Å². The Bertz CT molecular complexity index is 680. The van der Waals surface area contributed by atoms with E-state index < -0.39 is 0 Å². The number of likely N-dealkylation sites (tertiary alicyclic amines) is 1. The Labute approximate surface area is 148 Å². The number of aryl methyl sites for hydroxylation is 2. The van der Waals surface area contributed by atoms with Gasteiger partial charge in [-0.2, -0.15) is 0 Å². The van der Waals surface area contributed by atoms with Gasteiger partial charge in [0.05, 0.1) is 11.7 Å². The van der Waals surface area contributed by atoms with E-state index in [4.69, 9.17) is 0 Å². The van der Waals surface area contributed by atoms with Crippen LogP contribution in [0.15, 0.2) is 42.7 Å². The molecule has 2 heterocycles. The summed E-state index contributed by atoms with van der Waals surface area (Å²) in [5.74, 6) is 0.913. The summed E-state index contributed by atoms with van der Waals surface area (Å²) in [5.41, 5.74) is 1.79. The third-order valence-electron chi connectivity index (χ3n) is 4.97. The number of aromatic nitrogens is 2. The van der Waals surface area contributed by atoms with Crippen LogP contribution in [0.25, 0.3) is 0 Å². The van der Waals surface area contributed by atoms with Crippen LogP contribution in [0.2, 0.25) is 0 Å². The molecule has 1 atom stereocenters. The third kappa shape index (κ3) is 4.63. The van der Waals surface area contributed by atoms with Crippen LogP contribution in [0.5, 0.6) is 0 Å². The van der Waals surface area contributed by atoms with Crippen LogP contribution in [0.1, 0.15) is 41.0 Å². The summed E-state index contributed by atoms with van der Waals surface area (Å²) in [4.78, 5) is 22.5. The molecular formula is C20H25N3O2. The highest BCUT2D eigenvalue weighted by molar-refractivity contribution is 5.93. The highest BCUT2D eigenvalue weighted by atomic mass is 16.3. The molecule has 1 saturated heterocycles. The number of hydrogen-bond acceptors (Lipinski definition) is 4. The smallest absolute Gasteiger partial charge is 0.256 e. The first-order valence-corrected chi connectivity index (χ1v) is 8.93. The Kier molecular flexibility index (Phi) is 5.76. The van der Waals surface area contributed by atoms with Gasteiger partial charge in [-0.25, -0.2) is 9.97 Å². The molecule has 0 aliphatic carbocycles. The number of hydrogen-bond donors (Lipinski definition) is 1. The van der Waals surface area contributed by atoms with Gasteiger partial charge in [-0.15, -0.1) is 0 Å². The van der Waals surface area contributed by atoms with Crippen molar-refractivity contribution in [1.29, 1.82) is 0 Å². The van der Waals surface area contributed by atoms with Crippen molar-refractivity contribution in [2.24, 2.45) is 5.92 Å². The molecule has 25 heavy (non-hydrogen) atoms. The van der Waals surface area contributed by atoms with E-state index in [-0.39, 0.29) is 17.9 Å². The van der Waals surface area contributed by atoms with Gasteiger partial charge in [0.25, 0.3) is 5.91 Å². The summed E-state index contributed by atoms with van der Waals surface area (Å²) >= 11 is 0. The molecule has 1 aliphatic heterocycles. The van der Waals surface area contributed by atoms with Crippen LogP contribution in [0, 0.1) is 12.8 Å². The summed E-state index contributed by atoms with van der Waals surface area (Å²) in [5, 5.41) is 10.5. The Morgan fingerprint density at radius 1 is 1.20 bits per heavy atom. The summed E-state index contributed by atoms with van der Waals surface area (Å²) < 4.78 is 0. The van der Waals surface area contributed by atoms with Crippen LogP contribution in [-0.4, -0.2) is 45.1 Å². The van der Waals surface area contributed by atoms with Crippen molar-refractivity contribution in [3.63, 3.8) is 0 Å². The zero-order chi connectivity index (χ0) is 17.6. The molecule has 1 aliphatic rings. The van der Waals surface area contributed by atoms with Crippen molar-refractivity contribution >= 4 is 5.91 Å². The molecule has 0 spiro atoms. The summed E-state index contributed by atoms with van der Waals surface area (Å²) in [6.45, 7) is 3.16. The minimum Gasteiger partial charge on any atom is -0.393 e. The van der Waals surface area contributed by atoms with Crippen molar-refractivity contribution in [2.75, 3.05) is 13.1 Å². The van der Waals surface area contributed by atoms with Crippen molar-refractivity contribution in [3.05, 3.63) is 59.7 Å². The molecule has 3 rings (SSSR count). The second-order valence-electron chi connectivity index (χ2n) is 6.74. The molecule has 0 saturated carbocycles. The standard InChI is InChI=1S/C20H25N3O2/c1-15-21-13-18(14-22-15)20(25)23-11-9-17(10-12-23)19(24)8-7-16-5-3-2-4-6-16/h2-6,13-14,17,19,24H,7-12H2,1H3/t19-/m0/s1. The van der Waals surface area contributed by atoms with Gasteiger partial charge in [0, 0.05) is 25.5 Å². The number of piperidine rings is 1. The van der Waals surface area contributed by atoms with Crippen LogP contribution in [0.3, 0.4) is 0 Å². The van der Waals surface area contributed by atoms with Gasteiger partial charge in [0.2, 0.25) is 0 Å². The Hall–Kier alpha value is -2.27. The van der Waals surface area contributed by atoms with Crippen molar-refractivity contribution < 1.29 is 9.90 Å².